The van der Waals surface area contributed by atoms with Crippen LogP contribution in [0.15, 0.2) is 11.6 Å². The number of aldehydes is 2. The van der Waals surface area contributed by atoms with Gasteiger partial charge in [0, 0.05) is 6.42 Å². The van der Waals surface area contributed by atoms with Crippen molar-refractivity contribution in [2.75, 3.05) is 0 Å². The van der Waals surface area contributed by atoms with E-state index in [0.29, 0.717) is 5.92 Å². The van der Waals surface area contributed by atoms with Gasteiger partial charge in [0.15, 0.2) is 0 Å². The van der Waals surface area contributed by atoms with Crippen molar-refractivity contribution in [3.8, 4) is 0 Å². The zero-order valence-electron chi connectivity index (χ0n) is 11.9. The van der Waals surface area contributed by atoms with E-state index in [0.717, 1.165) is 56.7 Å². The topological polar surface area (TPSA) is 34.1 Å². The number of hydrogen-bond donors (Lipinski definition) is 0. The highest BCUT2D eigenvalue weighted by atomic mass is 16.1. The molecule has 0 saturated carbocycles. The first-order valence-electron chi connectivity index (χ1n) is 6.75. The molecule has 0 rings (SSSR count). The minimum Gasteiger partial charge on any atom is -0.303 e. The first kappa shape index (κ1) is 18.4. The lowest BCUT2D eigenvalue weighted by atomic mass is 10.0. The van der Waals surface area contributed by atoms with Gasteiger partial charge in [0.25, 0.3) is 0 Å². The Morgan fingerprint density at radius 3 is 2.06 bits per heavy atom. The Morgan fingerprint density at radius 1 is 1.12 bits per heavy atom. The van der Waals surface area contributed by atoms with Crippen molar-refractivity contribution in [3.05, 3.63) is 11.6 Å². The number of allylic oxidation sites excluding steroid dienone is 2. The van der Waals surface area contributed by atoms with Crippen LogP contribution in [0.2, 0.25) is 0 Å². The van der Waals surface area contributed by atoms with E-state index in [4.69, 9.17) is 0 Å². The Bertz CT molecular complexity index is 207. The van der Waals surface area contributed by atoms with Crippen LogP contribution in [-0.4, -0.2) is 12.6 Å². The highest BCUT2D eigenvalue weighted by Gasteiger charge is 1.97. The minimum atomic E-state index is 0.543. The standard InChI is InChI=1S/C10H18O.C5H10O/c1-4-6-10(8-11)7-9(3)5-2;1-2-3-4-5-6/h7-9H,4-6H2,1-3H3;5H,2-4H2,1H3. The second-order valence-corrected chi connectivity index (χ2v) is 4.30. The summed E-state index contributed by atoms with van der Waals surface area (Å²) in [7, 11) is 0. The monoisotopic (exact) mass is 240 g/mol. The first-order chi connectivity index (χ1) is 8.15. The molecule has 0 fully saturated rings. The van der Waals surface area contributed by atoms with E-state index in [-0.39, 0.29) is 0 Å². The maximum Gasteiger partial charge on any atom is 0.145 e. The average Bonchev–Trinajstić information content (AvgIpc) is 2.36. The molecule has 0 aliphatic carbocycles. The van der Waals surface area contributed by atoms with Crippen molar-refractivity contribution in [2.24, 2.45) is 5.92 Å². The average molecular weight is 240 g/mol. The van der Waals surface area contributed by atoms with Crippen LogP contribution in [0.1, 0.15) is 66.2 Å². The molecule has 0 saturated heterocycles. The molecule has 0 spiro atoms. The molecular weight excluding hydrogens is 212 g/mol. The Balaban J connectivity index is 0. The molecule has 2 nitrogen and oxygen atoms in total. The summed E-state index contributed by atoms with van der Waals surface area (Å²) < 4.78 is 0. The van der Waals surface area contributed by atoms with Crippen molar-refractivity contribution in [2.45, 2.75) is 66.2 Å². The van der Waals surface area contributed by atoms with E-state index in [2.05, 4.69) is 33.8 Å². The molecule has 0 aromatic carbocycles. The quantitative estimate of drug-likeness (QED) is 0.359. The number of carbonyl (C=O) groups is 2. The Hall–Kier alpha value is -0.920. The van der Waals surface area contributed by atoms with Crippen LogP contribution in [0.3, 0.4) is 0 Å². The summed E-state index contributed by atoms with van der Waals surface area (Å²) in [6.07, 6.45) is 10.0. The number of unbranched alkanes of at least 4 members (excludes halogenated alkanes) is 2. The second kappa shape index (κ2) is 15.1. The van der Waals surface area contributed by atoms with Gasteiger partial charge in [-0.15, -0.1) is 0 Å². The van der Waals surface area contributed by atoms with Crippen molar-refractivity contribution < 1.29 is 9.59 Å². The van der Waals surface area contributed by atoms with Crippen molar-refractivity contribution >= 4 is 12.6 Å². The molecule has 100 valence electrons. The zero-order valence-corrected chi connectivity index (χ0v) is 11.9. The third-order valence-corrected chi connectivity index (χ3v) is 2.51. The van der Waals surface area contributed by atoms with E-state index >= 15 is 0 Å². The van der Waals surface area contributed by atoms with Gasteiger partial charge in [0.05, 0.1) is 0 Å². The summed E-state index contributed by atoms with van der Waals surface area (Å²) in [5, 5.41) is 0. The SMILES string of the molecule is CCCC(C=O)=CC(C)CC.CCCCC=O. The van der Waals surface area contributed by atoms with Gasteiger partial charge in [-0.2, -0.15) is 0 Å². The lowest BCUT2D eigenvalue weighted by Gasteiger charge is -2.02. The molecule has 0 aliphatic rings. The maximum absolute atomic E-state index is 10.5. The van der Waals surface area contributed by atoms with Gasteiger partial charge in [0.1, 0.15) is 12.6 Å². The molecule has 1 unspecified atom stereocenters. The van der Waals surface area contributed by atoms with Gasteiger partial charge in [-0.25, -0.2) is 0 Å². The second-order valence-electron chi connectivity index (χ2n) is 4.30. The molecule has 0 radical (unpaired) electrons. The fraction of sp³-hybridized carbons (Fsp3) is 0.733. The third-order valence-electron chi connectivity index (χ3n) is 2.51. The minimum absolute atomic E-state index is 0.543. The molecule has 0 aromatic heterocycles. The van der Waals surface area contributed by atoms with Gasteiger partial charge in [-0.3, -0.25) is 4.79 Å². The molecule has 0 amide bonds. The van der Waals surface area contributed by atoms with Crippen LogP contribution in [0.4, 0.5) is 0 Å². The third kappa shape index (κ3) is 15.1. The lowest BCUT2D eigenvalue weighted by Crippen LogP contribution is -1.91. The highest BCUT2D eigenvalue weighted by molar-refractivity contribution is 5.73. The number of hydrogen-bond acceptors (Lipinski definition) is 2. The summed E-state index contributed by atoms with van der Waals surface area (Å²) in [6.45, 7) is 8.44. The summed E-state index contributed by atoms with van der Waals surface area (Å²) in [5.41, 5.74) is 0.960. The molecule has 0 heterocycles. The van der Waals surface area contributed by atoms with E-state index in [1.807, 2.05) is 0 Å². The molecule has 0 N–H and O–H groups in total. The zero-order chi connectivity index (χ0) is 13.5. The smallest absolute Gasteiger partial charge is 0.145 e. The summed E-state index contributed by atoms with van der Waals surface area (Å²) in [4.78, 5) is 20.0. The molecule has 1 atom stereocenters. The lowest BCUT2D eigenvalue weighted by molar-refractivity contribution is -0.108. The van der Waals surface area contributed by atoms with Gasteiger partial charge in [0.2, 0.25) is 0 Å². The van der Waals surface area contributed by atoms with E-state index in [9.17, 15) is 9.59 Å². The van der Waals surface area contributed by atoms with E-state index in [1.54, 1.807) is 0 Å². The molecule has 0 bridgehead atoms. The van der Waals surface area contributed by atoms with Gasteiger partial charge >= 0.3 is 0 Å². The van der Waals surface area contributed by atoms with Crippen LogP contribution < -0.4 is 0 Å². The Morgan fingerprint density at radius 2 is 1.76 bits per heavy atom. The largest absolute Gasteiger partial charge is 0.303 e. The summed E-state index contributed by atoms with van der Waals surface area (Å²) in [6, 6.07) is 0. The van der Waals surface area contributed by atoms with Gasteiger partial charge in [-0.05, 0) is 24.3 Å². The maximum atomic E-state index is 10.5. The molecule has 17 heavy (non-hydrogen) atoms. The number of rotatable bonds is 8. The molecular formula is C15H28O2. The fourth-order valence-corrected chi connectivity index (χ4v) is 1.24. The summed E-state index contributed by atoms with van der Waals surface area (Å²) in [5.74, 6) is 0.543. The normalized spacial score (nSPS) is 12.4. The molecule has 2 heteroatoms. The van der Waals surface area contributed by atoms with E-state index in [1.165, 1.54) is 0 Å². The van der Waals surface area contributed by atoms with Gasteiger partial charge in [-0.1, -0.05) is 53.0 Å². The van der Waals surface area contributed by atoms with E-state index < -0.39 is 0 Å². The van der Waals surface area contributed by atoms with Gasteiger partial charge < -0.3 is 4.79 Å². The molecule has 0 aromatic rings. The van der Waals surface area contributed by atoms with Crippen LogP contribution in [0.5, 0.6) is 0 Å². The van der Waals surface area contributed by atoms with Crippen molar-refractivity contribution in [3.63, 3.8) is 0 Å². The van der Waals surface area contributed by atoms with Crippen LogP contribution in [0.25, 0.3) is 0 Å². The highest BCUT2D eigenvalue weighted by Crippen LogP contribution is 2.09. The Kier molecular flexibility index (Phi) is 16.4. The first-order valence-corrected chi connectivity index (χ1v) is 6.75. The predicted octanol–water partition coefficient (Wildman–Crippen LogP) is 4.33. The van der Waals surface area contributed by atoms with Crippen LogP contribution in [-0.2, 0) is 9.59 Å². The van der Waals surface area contributed by atoms with Crippen molar-refractivity contribution in [1.82, 2.24) is 0 Å². The van der Waals surface area contributed by atoms with Crippen LogP contribution in [0, 0.1) is 5.92 Å². The number of carbonyl (C=O) groups excluding carboxylic acids is 2. The Labute approximate surface area is 106 Å². The van der Waals surface area contributed by atoms with Crippen molar-refractivity contribution in [1.29, 1.82) is 0 Å². The predicted molar refractivity (Wildman–Crippen MR) is 74.1 cm³/mol. The summed E-state index contributed by atoms with van der Waals surface area (Å²) >= 11 is 0. The fourth-order valence-electron chi connectivity index (χ4n) is 1.24. The van der Waals surface area contributed by atoms with Crippen LogP contribution >= 0.6 is 0 Å². The molecule has 0 aliphatic heterocycles.